The van der Waals surface area contributed by atoms with Gasteiger partial charge in [-0.05, 0) is 49.7 Å². The van der Waals surface area contributed by atoms with Gasteiger partial charge < -0.3 is 31.2 Å². The Labute approximate surface area is 273 Å². The summed E-state index contributed by atoms with van der Waals surface area (Å²) in [5.74, 6) is -3.22. The van der Waals surface area contributed by atoms with Gasteiger partial charge in [0.2, 0.25) is 0 Å². The maximum Gasteiger partial charge on any atom is 0.398 e. The molecule has 2 aromatic heterocycles. The van der Waals surface area contributed by atoms with E-state index in [1.54, 1.807) is 70.8 Å². The number of benzene rings is 2. The van der Waals surface area contributed by atoms with Gasteiger partial charge in [0.05, 0.1) is 23.5 Å². The van der Waals surface area contributed by atoms with E-state index in [0.717, 1.165) is 0 Å². The summed E-state index contributed by atoms with van der Waals surface area (Å²) >= 11 is 6.33. The standard InChI is InChI=1S/C31H31ClFN9O5/c1-17-13-19(3-4-20(17)30(44)41-11-10-40(15-18(2)35)24(16-41)47-31(45)27(36)43)39-28-29-38-14-22(42(29)9-8-37-28)21-5-6-23(46-12-7-34)26(33)25(21)32/h3-6,8-9,13-14,18,24H,10-12,15-16,35H2,1-2H3,(H2,36,43)(H,37,39)/t18-,24?/m1/s1. The number of halogens is 2. The van der Waals surface area contributed by atoms with Crippen LogP contribution in [-0.2, 0) is 14.3 Å². The highest BCUT2D eigenvalue weighted by atomic mass is 35.5. The van der Waals surface area contributed by atoms with E-state index < -0.39 is 23.9 Å². The maximum atomic E-state index is 14.9. The molecule has 0 saturated carbocycles. The van der Waals surface area contributed by atoms with Gasteiger partial charge in [0, 0.05) is 54.9 Å². The maximum absolute atomic E-state index is 14.9. The molecule has 16 heteroatoms. The molecule has 5 rings (SSSR count). The van der Waals surface area contributed by atoms with Crippen molar-refractivity contribution < 1.29 is 28.2 Å². The van der Waals surface area contributed by atoms with E-state index in [4.69, 9.17) is 37.8 Å². The van der Waals surface area contributed by atoms with Gasteiger partial charge >= 0.3 is 11.9 Å². The minimum Gasteiger partial charge on any atom is -0.476 e. The Morgan fingerprint density at radius 3 is 2.72 bits per heavy atom. The molecule has 1 fully saturated rings. The zero-order valence-corrected chi connectivity index (χ0v) is 26.2. The van der Waals surface area contributed by atoms with Gasteiger partial charge in [-0.1, -0.05) is 11.6 Å². The number of nitrogens with one attached hydrogen (secondary N) is 1. The number of ether oxygens (including phenoxy) is 2. The lowest BCUT2D eigenvalue weighted by Gasteiger charge is -2.41. The molecule has 47 heavy (non-hydrogen) atoms. The Morgan fingerprint density at radius 2 is 2.02 bits per heavy atom. The number of piperazine rings is 1. The summed E-state index contributed by atoms with van der Waals surface area (Å²) in [6.45, 7) is 4.43. The summed E-state index contributed by atoms with van der Waals surface area (Å²) in [6, 6.07) is 9.71. The van der Waals surface area contributed by atoms with Crippen molar-refractivity contribution in [2.75, 3.05) is 38.1 Å². The number of aryl methyl sites for hydroxylation is 1. The summed E-state index contributed by atoms with van der Waals surface area (Å²) in [4.78, 5) is 49.1. The van der Waals surface area contributed by atoms with Crippen molar-refractivity contribution in [2.24, 2.45) is 11.5 Å². The van der Waals surface area contributed by atoms with Crippen LogP contribution in [0, 0.1) is 24.1 Å². The number of nitrogens with two attached hydrogens (primary N) is 2. The van der Waals surface area contributed by atoms with E-state index in [-0.39, 0.29) is 35.9 Å². The molecule has 2 atom stereocenters. The normalized spacial score (nSPS) is 15.6. The molecular weight excluding hydrogens is 633 g/mol. The highest BCUT2D eigenvalue weighted by molar-refractivity contribution is 6.33. The summed E-state index contributed by atoms with van der Waals surface area (Å²) in [7, 11) is 0. The molecule has 244 valence electrons. The van der Waals surface area contributed by atoms with Crippen LogP contribution in [0.1, 0.15) is 22.8 Å². The Kier molecular flexibility index (Phi) is 9.85. The molecule has 0 spiro atoms. The molecule has 1 aliphatic rings. The molecule has 0 bridgehead atoms. The minimum atomic E-state index is -1.22. The first-order valence-electron chi connectivity index (χ1n) is 14.5. The third-order valence-corrected chi connectivity index (χ3v) is 7.83. The van der Waals surface area contributed by atoms with Gasteiger partial charge in [0.25, 0.3) is 5.91 Å². The van der Waals surface area contributed by atoms with E-state index in [2.05, 4.69) is 15.3 Å². The molecule has 0 radical (unpaired) electrons. The summed E-state index contributed by atoms with van der Waals surface area (Å²) < 4.78 is 26.9. The predicted molar refractivity (Wildman–Crippen MR) is 169 cm³/mol. The van der Waals surface area contributed by atoms with Gasteiger partial charge in [-0.15, -0.1) is 0 Å². The fourth-order valence-corrected chi connectivity index (χ4v) is 5.54. The Hall–Kier alpha value is -5.30. The number of amides is 2. The molecule has 2 amide bonds. The van der Waals surface area contributed by atoms with Crippen molar-refractivity contribution >= 4 is 46.5 Å². The summed E-state index contributed by atoms with van der Waals surface area (Å²) in [6.07, 6.45) is 3.86. The van der Waals surface area contributed by atoms with Crippen molar-refractivity contribution in [3.05, 3.63) is 70.9 Å². The van der Waals surface area contributed by atoms with Crippen LogP contribution < -0.4 is 21.5 Å². The zero-order chi connectivity index (χ0) is 33.8. The molecule has 1 aliphatic heterocycles. The first-order valence-corrected chi connectivity index (χ1v) is 14.8. The Balaban J connectivity index is 1.34. The summed E-state index contributed by atoms with van der Waals surface area (Å²) in [5.41, 5.74) is 14.0. The number of esters is 1. The van der Waals surface area contributed by atoms with Gasteiger partial charge in [-0.25, -0.2) is 19.2 Å². The lowest BCUT2D eigenvalue weighted by atomic mass is 10.1. The number of primary amides is 1. The first kappa shape index (κ1) is 33.1. The Morgan fingerprint density at radius 1 is 1.23 bits per heavy atom. The van der Waals surface area contributed by atoms with Crippen LogP contribution in [0.5, 0.6) is 5.75 Å². The van der Waals surface area contributed by atoms with Crippen LogP contribution in [0.3, 0.4) is 0 Å². The summed E-state index contributed by atoms with van der Waals surface area (Å²) in [5, 5.41) is 11.8. The largest absolute Gasteiger partial charge is 0.476 e. The van der Waals surface area contributed by atoms with E-state index in [1.807, 2.05) is 0 Å². The van der Waals surface area contributed by atoms with Crippen LogP contribution >= 0.6 is 11.6 Å². The van der Waals surface area contributed by atoms with Crippen LogP contribution in [0.4, 0.5) is 15.9 Å². The lowest BCUT2D eigenvalue weighted by molar-refractivity contribution is -0.169. The van der Waals surface area contributed by atoms with E-state index in [1.165, 1.54) is 12.3 Å². The molecule has 3 heterocycles. The zero-order valence-electron chi connectivity index (χ0n) is 25.4. The van der Waals surface area contributed by atoms with E-state index >= 15 is 0 Å². The second-order valence-corrected chi connectivity index (χ2v) is 11.3. The average Bonchev–Trinajstić information content (AvgIpc) is 3.47. The van der Waals surface area contributed by atoms with Crippen LogP contribution in [0.15, 0.2) is 48.9 Å². The topological polar surface area (TPSA) is 194 Å². The number of hydrogen-bond donors (Lipinski definition) is 3. The predicted octanol–water partition coefficient (Wildman–Crippen LogP) is 2.60. The van der Waals surface area contributed by atoms with Gasteiger partial charge in [-0.3, -0.25) is 18.9 Å². The number of nitrogens with zero attached hydrogens (tertiary/aromatic N) is 6. The fourth-order valence-electron chi connectivity index (χ4n) is 5.29. The number of hydrogen-bond acceptors (Lipinski definition) is 11. The molecule has 1 unspecified atom stereocenters. The molecular formula is C31H31ClFN9O5. The van der Waals surface area contributed by atoms with Crippen LogP contribution in [0.25, 0.3) is 16.9 Å². The lowest BCUT2D eigenvalue weighted by Crippen LogP contribution is -2.58. The Bertz CT molecular complexity index is 1890. The average molecular weight is 664 g/mol. The third kappa shape index (κ3) is 7.09. The van der Waals surface area contributed by atoms with Crippen molar-refractivity contribution in [3.8, 4) is 23.1 Å². The molecule has 2 aromatic carbocycles. The van der Waals surface area contributed by atoms with Crippen LogP contribution in [-0.4, -0.2) is 87.0 Å². The monoisotopic (exact) mass is 663 g/mol. The van der Waals surface area contributed by atoms with Crippen molar-refractivity contribution in [3.63, 3.8) is 0 Å². The van der Waals surface area contributed by atoms with E-state index in [9.17, 15) is 18.8 Å². The number of carbonyl (C=O) groups excluding carboxylic acids is 3. The molecule has 5 N–H and O–H groups in total. The van der Waals surface area contributed by atoms with Crippen molar-refractivity contribution in [2.45, 2.75) is 26.1 Å². The molecule has 1 saturated heterocycles. The third-order valence-electron chi connectivity index (χ3n) is 7.46. The minimum absolute atomic E-state index is 0.0294. The quantitative estimate of drug-likeness (QED) is 0.176. The molecule has 4 aromatic rings. The second-order valence-electron chi connectivity index (χ2n) is 10.9. The molecule has 0 aliphatic carbocycles. The SMILES string of the molecule is Cc1cc(Nc2nccn3c(-c4ccc(OCC#N)c(F)c4Cl)cnc23)ccc1C(=O)N1CCN(C[C@@H](C)N)C(OC(=O)C(N)=O)C1. The van der Waals surface area contributed by atoms with Crippen molar-refractivity contribution in [1.29, 1.82) is 5.26 Å². The van der Waals surface area contributed by atoms with Crippen LogP contribution in [0.2, 0.25) is 5.02 Å². The number of nitriles is 1. The second kappa shape index (κ2) is 14.0. The molecule has 14 nitrogen and oxygen atoms in total. The number of aromatic nitrogens is 3. The smallest absolute Gasteiger partial charge is 0.398 e. The number of anilines is 2. The van der Waals surface area contributed by atoms with Crippen molar-refractivity contribution in [1.82, 2.24) is 24.2 Å². The number of imidazole rings is 1. The number of fused-ring (bicyclic) bond motifs is 1. The highest BCUT2D eigenvalue weighted by Gasteiger charge is 2.34. The van der Waals surface area contributed by atoms with Gasteiger partial charge in [0.15, 0.2) is 35.9 Å². The van der Waals surface area contributed by atoms with Gasteiger partial charge in [0.1, 0.15) is 6.07 Å². The number of carbonyl (C=O) groups is 3. The van der Waals surface area contributed by atoms with Gasteiger partial charge in [-0.2, -0.15) is 5.26 Å². The number of rotatable bonds is 9. The fraction of sp³-hybridized carbons (Fsp3) is 0.290. The first-order chi connectivity index (χ1) is 22.5. The van der Waals surface area contributed by atoms with E-state index in [0.29, 0.717) is 59.2 Å². The highest BCUT2D eigenvalue weighted by Crippen LogP contribution is 2.36.